The average molecular weight is 243 g/mol. The molecule has 0 aromatic heterocycles. The summed E-state index contributed by atoms with van der Waals surface area (Å²) in [6.45, 7) is 3.32. The second-order valence-corrected chi connectivity index (χ2v) is 6.28. The number of methoxy groups -OCH3 is 1. The highest BCUT2D eigenvalue weighted by atomic mass is 32.2. The molecule has 0 radical (unpaired) electrons. The normalized spacial score (nSPS) is 11.6. The second-order valence-electron chi connectivity index (χ2n) is 3.76. The number of ether oxygens (including phenoxy) is 1. The molecule has 0 spiro atoms. The molecule has 90 valence electrons. The van der Waals surface area contributed by atoms with Crippen LogP contribution >= 0.6 is 0 Å². The summed E-state index contributed by atoms with van der Waals surface area (Å²) in [7, 11) is -0.131. The molecule has 0 amide bonds. The molecule has 4 nitrogen and oxygen atoms in total. The minimum atomic E-state index is -3.26. The number of nitrogens with zero attached hydrogens (tertiary/aromatic N) is 1. The van der Waals surface area contributed by atoms with Crippen LogP contribution in [-0.4, -0.2) is 27.8 Å². The predicted octanol–water partition coefficient (Wildman–Crippen LogP) is 1.87. The van der Waals surface area contributed by atoms with Crippen LogP contribution in [0.5, 0.6) is 5.75 Å². The minimum Gasteiger partial charge on any atom is -0.497 e. The maximum atomic E-state index is 11.9. The van der Waals surface area contributed by atoms with Crippen molar-refractivity contribution in [1.29, 1.82) is 0 Å². The lowest BCUT2D eigenvalue weighted by atomic mass is 10.3. The van der Waals surface area contributed by atoms with Crippen molar-refractivity contribution >= 4 is 15.7 Å². The van der Waals surface area contributed by atoms with Crippen molar-refractivity contribution in [2.75, 3.05) is 18.5 Å². The predicted molar refractivity (Wildman–Crippen MR) is 65.5 cm³/mol. The molecule has 1 aromatic rings. The Balaban J connectivity index is 3.01. The molecule has 0 aliphatic heterocycles. The summed E-state index contributed by atoms with van der Waals surface area (Å²) in [4.78, 5) is 0. The highest BCUT2D eigenvalue weighted by Crippen LogP contribution is 2.21. The standard InChI is InChI=1S/C11H17NO3S/c1-9(2)16(13,14)12(3)10-5-7-11(15-4)8-6-10/h5-9H,1-4H3. The second kappa shape index (κ2) is 4.74. The third-order valence-electron chi connectivity index (χ3n) is 2.41. The fraction of sp³-hybridized carbons (Fsp3) is 0.455. The van der Waals surface area contributed by atoms with Gasteiger partial charge in [0.25, 0.3) is 0 Å². The molecule has 5 heteroatoms. The molecule has 0 aliphatic carbocycles. The van der Waals surface area contributed by atoms with Gasteiger partial charge in [-0.05, 0) is 38.1 Å². The van der Waals surface area contributed by atoms with Gasteiger partial charge in [-0.15, -0.1) is 0 Å². The highest BCUT2D eigenvalue weighted by Gasteiger charge is 2.22. The maximum Gasteiger partial charge on any atom is 0.237 e. The smallest absolute Gasteiger partial charge is 0.237 e. The van der Waals surface area contributed by atoms with Crippen molar-refractivity contribution in [3.63, 3.8) is 0 Å². The monoisotopic (exact) mass is 243 g/mol. The summed E-state index contributed by atoms with van der Waals surface area (Å²) >= 11 is 0. The van der Waals surface area contributed by atoms with Crippen LogP contribution in [0.15, 0.2) is 24.3 Å². The Morgan fingerprint density at radius 3 is 2.06 bits per heavy atom. The highest BCUT2D eigenvalue weighted by molar-refractivity contribution is 7.93. The van der Waals surface area contributed by atoms with Gasteiger partial charge in [-0.2, -0.15) is 0 Å². The van der Waals surface area contributed by atoms with E-state index in [1.165, 1.54) is 4.31 Å². The van der Waals surface area contributed by atoms with Gasteiger partial charge in [0.2, 0.25) is 10.0 Å². The molecule has 1 aromatic carbocycles. The molecule has 0 aliphatic rings. The SMILES string of the molecule is COc1ccc(N(C)S(=O)(=O)C(C)C)cc1. The summed E-state index contributed by atoms with van der Waals surface area (Å²) in [5.41, 5.74) is 0.634. The van der Waals surface area contributed by atoms with E-state index in [-0.39, 0.29) is 0 Å². The van der Waals surface area contributed by atoms with Crippen molar-refractivity contribution < 1.29 is 13.2 Å². The van der Waals surface area contributed by atoms with E-state index >= 15 is 0 Å². The number of benzene rings is 1. The molecule has 0 bridgehead atoms. The van der Waals surface area contributed by atoms with Crippen LogP contribution in [0.3, 0.4) is 0 Å². The first-order valence-corrected chi connectivity index (χ1v) is 6.51. The van der Waals surface area contributed by atoms with E-state index in [0.29, 0.717) is 11.4 Å². The van der Waals surface area contributed by atoms with Gasteiger partial charge in [0.15, 0.2) is 0 Å². The van der Waals surface area contributed by atoms with E-state index in [0.717, 1.165) is 0 Å². The third kappa shape index (κ3) is 2.47. The average Bonchev–Trinajstić information content (AvgIpc) is 2.28. The number of anilines is 1. The number of rotatable bonds is 4. The summed E-state index contributed by atoms with van der Waals surface area (Å²) in [5.74, 6) is 0.707. The molecule has 0 saturated carbocycles. The van der Waals surface area contributed by atoms with Gasteiger partial charge in [-0.3, -0.25) is 4.31 Å². The van der Waals surface area contributed by atoms with Gasteiger partial charge in [0.1, 0.15) is 5.75 Å². The molecular formula is C11H17NO3S. The van der Waals surface area contributed by atoms with Gasteiger partial charge in [0, 0.05) is 7.05 Å². The molecular weight excluding hydrogens is 226 g/mol. The lowest BCUT2D eigenvalue weighted by Crippen LogP contribution is -2.32. The zero-order chi connectivity index (χ0) is 12.3. The minimum absolute atomic E-state index is 0.431. The van der Waals surface area contributed by atoms with Gasteiger partial charge >= 0.3 is 0 Å². The van der Waals surface area contributed by atoms with E-state index in [2.05, 4.69) is 0 Å². The zero-order valence-corrected chi connectivity index (χ0v) is 10.8. The zero-order valence-electron chi connectivity index (χ0n) is 9.97. The van der Waals surface area contributed by atoms with Crippen LogP contribution in [0, 0.1) is 0 Å². The summed E-state index contributed by atoms with van der Waals surface area (Å²) < 4.78 is 30.1. The van der Waals surface area contributed by atoms with Crippen LogP contribution in [0.2, 0.25) is 0 Å². The van der Waals surface area contributed by atoms with Gasteiger partial charge in [-0.1, -0.05) is 0 Å². The van der Waals surface area contributed by atoms with E-state index in [1.54, 1.807) is 52.3 Å². The van der Waals surface area contributed by atoms with Gasteiger partial charge < -0.3 is 4.74 Å². The van der Waals surface area contributed by atoms with E-state index in [9.17, 15) is 8.42 Å². The molecule has 0 unspecified atom stereocenters. The number of sulfonamides is 1. The first-order chi connectivity index (χ1) is 7.39. The Hall–Kier alpha value is -1.23. The van der Waals surface area contributed by atoms with Gasteiger partial charge in [0.05, 0.1) is 18.0 Å². The van der Waals surface area contributed by atoms with Crippen LogP contribution in [0.25, 0.3) is 0 Å². The Morgan fingerprint density at radius 2 is 1.69 bits per heavy atom. The molecule has 16 heavy (non-hydrogen) atoms. The Labute approximate surface area is 96.9 Å². The van der Waals surface area contributed by atoms with Crippen LogP contribution in [-0.2, 0) is 10.0 Å². The Bertz CT molecular complexity index is 437. The van der Waals surface area contributed by atoms with Crippen molar-refractivity contribution in [3.8, 4) is 5.75 Å². The number of hydrogen-bond acceptors (Lipinski definition) is 3. The lowest BCUT2D eigenvalue weighted by molar-refractivity contribution is 0.415. The van der Waals surface area contributed by atoms with E-state index < -0.39 is 15.3 Å². The fourth-order valence-electron chi connectivity index (χ4n) is 1.26. The first-order valence-electron chi connectivity index (χ1n) is 5.01. The molecule has 0 N–H and O–H groups in total. The third-order valence-corrected chi connectivity index (χ3v) is 4.58. The molecule has 0 fully saturated rings. The fourth-order valence-corrected chi connectivity index (χ4v) is 2.30. The molecule has 0 heterocycles. The van der Waals surface area contributed by atoms with Crippen molar-refractivity contribution in [1.82, 2.24) is 0 Å². The van der Waals surface area contributed by atoms with E-state index in [1.807, 2.05) is 0 Å². The topological polar surface area (TPSA) is 46.6 Å². The Kier molecular flexibility index (Phi) is 3.80. The van der Waals surface area contributed by atoms with Gasteiger partial charge in [-0.25, -0.2) is 8.42 Å². The van der Waals surface area contributed by atoms with E-state index in [4.69, 9.17) is 4.74 Å². The Morgan fingerprint density at radius 1 is 1.19 bits per heavy atom. The van der Waals surface area contributed by atoms with Crippen LogP contribution in [0.4, 0.5) is 5.69 Å². The van der Waals surface area contributed by atoms with Crippen molar-refractivity contribution in [2.45, 2.75) is 19.1 Å². The molecule has 0 saturated heterocycles. The first kappa shape index (κ1) is 12.8. The maximum absolute atomic E-state index is 11.9. The lowest BCUT2D eigenvalue weighted by Gasteiger charge is -2.21. The summed E-state index contributed by atoms with van der Waals surface area (Å²) in [5, 5.41) is -0.431. The van der Waals surface area contributed by atoms with Crippen LogP contribution < -0.4 is 9.04 Å². The van der Waals surface area contributed by atoms with Crippen molar-refractivity contribution in [2.24, 2.45) is 0 Å². The van der Waals surface area contributed by atoms with Crippen LogP contribution in [0.1, 0.15) is 13.8 Å². The van der Waals surface area contributed by atoms with Crippen molar-refractivity contribution in [3.05, 3.63) is 24.3 Å². The quantitative estimate of drug-likeness (QED) is 0.811. The molecule has 0 atom stereocenters. The summed E-state index contributed by atoms with van der Waals surface area (Å²) in [6, 6.07) is 6.92. The number of hydrogen-bond donors (Lipinski definition) is 0. The molecule has 1 rings (SSSR count). The summed E-state index contributed by atoms with van der Waals surface area (Å²) in [6.07, 6.45) is 0. The largest absolute Gasteiger partial charge is 0.497 e.